The predicted octanol–water partition coefficient (Wildman–Crippen LogP) is 1.42. The molecular weight excluding hydrogens is 246 g/mol. The standard InChI is InChI=1S/C9H12BrN3O/c10-7-4-12-9(13-5-7)11-3-6-1-8(14)2-6/h4-6,8,14H,1-3H2,(H,11,12,13). The fourth-order valence-corrected chi connectivity index (χ4v) is 1.71. The summed E-state index contributed by atoms with van der Waals surface area (Å²) in [5.74, 6) is 1.21. The Balaban J connectivity index is 1.78. The predicted molar refractivity (Wildman–Crippen MR) is 57.0 cm³/mol. The zero-order valence-corrected chi connectivity index (χ0v) is 9.24. The maximum Gasteiger partial charge on any atom is 0.222 e. The summed E-state index contributed by atoms with van der Waals surface area (Å²) >= 11 is 3.27. The molecule has 1 saturated carbocycles. The molecule has 0 spiro atoms. The van der Waals surface area contributed by atoms with Crippen molar-refractivity contribution in [1.82, 2.24) is 9.97 Å². The van der Waals surface area contributed by atoms with Crippen molar-refractivity contribution in [1.29, 1.82) is 0 Å². The van der Waals surface area contributed by atoms with E-state index in [1.165, 1.54) is 0 Å². The second-order valence-corrected chi connectivity index (χ2v) is 4.51. The molecule has 5 heteroatoms. The monoisotopic (exact) mass is 257 g/mol. The smallest absolute Gasteiger partial charge is 0.222 e. The number of aromatic nitrogens is 2. The van der Waals surface area contributed by atoms with Gasteiger partial charge >= 0.3 is 0 Å². The van der Waals surface area contributed by atoms with E-state index in [0.717, 1.165) is 23.9 Å². The van der Waals surface area contributed by atoms with Crippen molar-refractivity contribution in [3.05, 3.63) is 16.9 Å². The van der Waals surface area contributed by atoms with Gasteiger partial charge in [-0.1, -0.05) is 0 Å². The first-order valence-electron chi connectivity index (χ1n) is 4.63. The van der Waals surface area contributed by atoms with Crippen LogP contribution in [-0.4, -0.2) is 27.7 Å². The van der Waals surface area contributed by atoms with E-state index in [4.69, 9.17) is 5.11 Å². The van der Waals surface area contributed by atoms with Crippen molar-refractivity contribution in [2.75, 3.05) is 11.9 Å². The molecule has 1 fully saturated rings. The third-order valence-electron chi connectivity index (χ3n) is 2.38. The zero-order chi connectivity index (χ0) is 9.97. The molecule has 0 atom stereocenters. The fraction of sp³-hybridized carbons (Fsp3) is 0.556. The first-order chi connectivity index (χ1) is 6.74. The molecule has 1 aliphatic carbocycles. The minimum Gasteiger partial charge on any atom is -0.393 e. The molecule has 1 aromatic heterocycles. The summed E-state index contributed by atoms with van der Waals surface area (Å²) in [4.78, 5) is 8.19. The Morgan fingerprint density at radius 1 is 1.43 bits per heavy atom. The minimum atomic E-state index is -0.0902. The Morgan fingerprint density at radius 3 is 2.64 bits per heavy atom. The Labute approximate surface area is 90.9 Å². The van der Waals surface area contributed by atoms with Crippen LogP contribution >= 0.6 is 15.9 Å². The van der Waals surface area contributed by atoms with E-state index in [1.807, 2.05) is 0 Å². The highest BCUT2D eigenvalue weighted by molar-refractivity contribution is 9.10. The van der Waals surface area contributed by atoms with E-state index in [1.54, 1.807) is 12.4 Å². The third-order valence-corrected chi connectivity index (χ3v) is 2.79. The number of nitrogens with one attached hydrogen (secondary N) is 1. The average Bonchev–Trinajstić information content (AvgIpc) is 2.13. The molecule has 0 saturated heterocycles. The molecule has 1 aromatic rings. The van der Waals surface area contributed by atoms with Gasteiger partial charge in [-0.05, 0) is 34.7 Å². The molecule has 4 nitrogen and oxygen atoms in total. The summed E-state index contributed by atoms with van der Waals surface area (Å²) in [6.07, 6.45) is 5.12. The fourth-order valence-electron chi connectivity index (χ4n) is 1.51. The number of halogens is 1. The van der Waals surface area contributed by atoms with Gasteiger partial charge in [0.25, 0.3) is 0 Å². The summed E-state index contributed by atoms with van der Waals surface area (Å²) in [7, 11) is 0. The lowest BCUT2D eigenvalue weighted by molar-refractivity contribution is 0.0486. The zero-order valence-electron chi connectivity index (χ0n) is 7.65. The van der Waals surface area contributed by atoms with Crippen LogP contribution in [0, 0.1) is 5.92 Å². The van der Waals surface area contributed by atoms with E-state index < -0.39 is 0 Å². The summed E-state index contributed by atoms with van der Waals surface area (Å²) in [5, 5.41) is 12.2. The SMILES string of the molecule is OC1CC(CNc2ncc(Br)cn2)C1. The number of nitrogens with zero attached hydrogens (tertiary/aromatic N) is 2. The Hall–Kier alpha value is -0.680. The first-order valence-corrected chi connectivity index (χ1v) is 5.43. The highest BCUT2D eigenvalue weighted by Gasteiger charge is 2.26. The van der Waals surface area contributed by atoms with E-state index in [-0.39, 0.29) is 6.10 Å². The van der Waals surface area contributed by atoms with Crippen LogP contribution in [-0.2, 0) is 0 Å². The molecule has 0 amide bonds. The lowest BCUT2D eigenvalue weighted by Gasteiger charge is -2.31. The van der Waals surface area contributed by atoms with Crippen molar-refractivity contribution < 1.29 is 5.11 Å². The number of anilines is 1. The van der Waals surface area contributed by atoms with Gasteiger partial charge in [-0.15, -0.1) is 0 Å². The third kappa shape index (κ3) is 2.42. The molecule has 2 N–H and O–H groups in total. The number of rotatable bonds is 3. The molecule has 2 rings (SSSR count). The van der Waals surface area contributed by atoms with Crippen molar-refractivity contribution >= 4 is 21.9 Å². The minimum absolute atomic E-state index is 0.0902. The van der Waals surface area contributed by atoms with Gasteiger partial charge in [0.1, 0.15) is 0 Å². The van der Waals surface area contributed by atoms with E-state index in [2.05, 4.69) is 31.2 Å². The summed E-state index contributed by atoms with van der Waals surface area (Å²) in [6.45, 7) is 0.846. The summed E-state index contributed by atoms with van der Waals surface area (Å²) < 4.78 is 0.877. The highest BCUT2D eigenvalue weighted by atomic mass is 79.9. The van der Waals surface area contributed by atoms with Gasteiger partial charge < -0.3 is 10.4 Å². The molecule has 1 heterocycles. The van der Waals surface area contributed by atoms with Crippen LogP contribution in [0.2, 0.25) is 0 Å². The lowest BCUT2D eigenvalue weighted by atomic mass is 9.82. The van der Waals surface area contributed by atoms with Gasteiger partial charge in [0.2, 0.25) is 5.95 Å². The maximum atomic E-state index is 9.09. The van der Waals surface area contributed by atoms with Crippen LogP contribution in [0.4, 0.5) is 5.95 Å². The van der Waals surface area contributed by atoms with Gasteiger partial charge in [-0.25, -0.2) is 9.97 Å². The van der Waals surface area contributed by atoms with Crippen LogP contribution in [0.5, 0.6) is 0 Å². The van der Waals surface area contributed by atoms with Gasteiger partial charge in [-0.2, -0.15) is 0 Å². The Bertz CT molecular complexity index is 297. The number of hydrogen-bond donors (Lipinski definition) is 2. The highest BCUT2D eigenvalue weighted by Crippen LogP contribution is 2.26. The quantitative estimate of drug-likeness (QED) is 0.860. The average molecular weight is 258 g/mol. The topological polar surface area (TPSA) is 58.0 Å². The van der Waals surface area contributed by atoms with Crippen molar-refractivity contribution in [3.63, 3.8) is 0 Å². The number of aliphatic hydroxyl groups excluding tert-OH is 1. The molecule has 0 aromatic carbocycles. The second kappa shape index (κ2) is 4.23. The molecule has 1 aliphatic rings. The second-order valence-electron chi connectivity index (χ2n) is 3.60. The number of aliphatic hydroxyl groups is 1. The summed E-state index contributed by atoms with van der Waals surface area (Å²) in [5.41, 5.74) is 0. The molecule has 0 aliphatic heterocycles. The summed E-state index contributed by atoms with van der Waals surface area (Å²) in [6, 6.07) is 0. The van der Waals surface area contributed by atoms with Crippen LogP contribution < -0.4 is 5.32 Å². The van der Waals surface area contributed by atoms with Crippen LogP contribution in [0.25, 0.3) is 0 Å². The first kappa shape index (κ1) is 9.86. The van der Waals surface area contributed by atoms with Crippen LogP contribution in [0.15, 0.2) is 16.9 Å². The van der Waals surface area contributed by atoms with Crippen molar-refractivity contribution in [2.45, 2.75) is 18.9 Å². The number of hydrogen-bond acceptors (Lipinski definition) is 4. The van der Waals surface area contributed by atoms with Crippen LogP contribution in [0.3, 0.4) is 0 Å². The van der Waals surface area contributed by atoms with Gasteiger partial charge in [0.15, 0.2) is 0 Å². The van der Waals surface area contributed by atoms with Gasteiger partial charge in [0.05, 0.1) is 10.6 Å². The molecule has 0 unspecified atom stereocenters. The lowest BCUT2D eigenvalue weighted by Crippen LogP contribution is -2.33. The van der Waals surface area contributed by atoms with Crippen LogP contribution in [0.1, 0.15) is 12.8 Å². The van der Waals surface area contributed by atoms with E-state index in [9.17, 15) is 0 Å². The van der Waals surface area contributed by atoms with Gasteiger partial charge in [0, 0.05) is 18.9 Å². The maximum absolute atomic E-state index is 9.09. The molecule has 76 valence electrons. The normalized spacial score (nSPS) is 25.6. The molecule has 14 heavy (non-hydrogen) atoms. The Kier molecular flexibility index (Phi) is 2.98. The molecular formula is C9H12BrN3O. The van der Waals surface area contributed by atoms with Gasteiger partial charge in [-0.3, -0.25) is 0 Å². The van der Waals surface area contributed by atoms with Crippen molar-refractivity contribution in [3.8, 4) is 0 Å². The van der Waals surface area contributed by atoms with E-state index in [0.29, 0.717) is 11.9 Å². The van der Waals surface area contributed by atoms with E-state index >= 15 is 0 Å². The Morgan fingerprint density at radius 2 is 2.07 bits per heavy atom. The van der Waals surface area contributed by atoms with Crippen molar-refractivity contribution in [2.24, 2.45) is 5.92 Å². The molecule has 0 bridgehead atoms. The molecule has 0 radical (unpaired) electrons. The largest absolute Gasteiger partial charge is 0.393 e.